The standard InChI is InChI=1S/C26H34O4/c1-5-9-23-25(29-16-6-2)18-20(19-26(23)30-17-7-3)10-15-24(27)21-11-13-22(14-12-21)28-8-4/h10-15,18-19H,5-9,16-17H2,1-4H3. The van der Waals surface area contributed by atoms with Crippen molar-refractivity contribution in [3.8, 4) is 17.2 Å². The van der Waals surface area contributed by atoms with Crippen LogP contribution in [0.3, 0.4) is 0 Å². The van der Waals surface area contributed by atoms with E-state index in [1.165, 1.54) is 0 Å². The van der Waals surface area contributed by atoms with Crippen molar-refractivity contribution < 1.29 is 19.0 Å². The molecule has 0 saturated heterocycles. The molecule has 0 aromatic heterocycles. The molecule has 0 saturated carbocycles. The molecule has 0 radical (unpaired) electrons. The maximum Gasteiger partial charge on any atom is 0.185 e. The molecule has 0 spiro atoms. The topological polar surface area (TPSA) is 44.8 Å². The fourth-order valence-corrected chi connectivity index (χ4v) is 3.06. The zero-order valence-electron chi connectivity index (χ0n) is 18.7. The number of ether oxygens (including phenoxy) is 3. The first-order valence-corrected chi connectivity index (χ1v) is 11.0. The Morgan fingerprint density at radius 3 is 1.93 bits per heavy atom. The Labute approximate surface area is 180 Å². The van der Waals surface area contributed by atoms with Crippen LogP contribution in [0.25, 0.3) is 6.08 Å². The number of allylic oxidation sites excluding steroid dienone is 1. The lowest BCUT2D eigenvalue weighted by Gasteiger charge is -2.17. The van der Waals surface area contributed by atoms with Crippen LogP contribution in [0.15, 0.2) is 42.5 Å². The second-order valence-corrected chi connectivity index (χ2v) is 7.10. The molecule has 0 aliphatic rings. The number of hydrogen-bond donors (Lipinski definition) is 0. The Morgan fingerprint density at radius 1 is 0.833 bits per heavy atom. The molecule has 0 unspecified atom stereocenters. The van der Waals surface area contributed by atoms with Crippen LogP contribution in [0, 0.1) is 0 Å². The molecule has 162 valence electrons. The minimum atomic E-state index is -0.0530. The Kier molecular flexibility index (Phi) is 9.99. The third kappa shape index (κ3) is 6.94. The van der Waals surface area contributed by atoms with Crippen molar-refractivity contribution in [1.82, 2.24) is 0 Å². The van der Waals surface area contributed by atoms with E-state index in [0.717, 1.165) is 54.1 Å². The van der Waals surface area contributed by atoms with Gasteiger partial charge in [-0.2, -0.15) is 0 Å². The van der Waals surface area contributed by atoms with Gasteiger partial charge in [0.2, 0.25) is 0 Å². The summed E-state index contributed by atoms with van der Waals surface area (Å²) in [5.74, 6) is 2.41. The molecule has 0 aliphatic carbocycles. The minimum Gasteiger partial charge on any atom is -0.494 e. The summed E-state index contributed by atoms with van der Waals surface area (Å²) in [6.45, 7) is 10.2. The molecule has 4 heteroatoms. The van der Waals surface area contributed by atoms with Crippen LogP contribution in [0.2, 0.25) is 0 Å². The smallest absolute Gasteiger partial charge is 0.185 e. The third-order valence-corrected chi connectivity index (χ3v) is 4.49. The van der Waals surface area contributed by atoms with Crippen molar-refractivity contribution in [2.24, 2.45) is 0 Å². The van der Waals surface area contributed by atoms with E-state index in [9.17, 15) is 4.79 Å². The molecule has 30 heavy (non-hydrogen) atoms. The van der Waals surface area contributed by atoms with Gasteiger partial charge in [0.1, 0.15) is 17.2 Å². The zero-order valence-corrected chi connectivity index (χ0v) is 18.7. The monoisotopic (exact) mass is 410 g/mol. The number of rotatable bonds is 13. The summed E-state index contributed by atoms with van der Waals surface area (Å²) in [5, 5.41) is 0. The lowest BCUT2D eigenvalue weighted by Crippen LogP contribution is -2.04. The Balaban J connectivity index is 2.28. The number of ketones is 1. The van der Waals surface area contributed by atoms with Gasteiger partial charge in [0, 0.05) is 11.1 Å². The SMILES string of the molecule is CCCOc1cc(C=CC(=O)c2ccc(OCC)cc2)cc(OCCC)c1CCC. The number of benzene rings is 2. The lowest BCUT2D eigenvalue weighted by atomic mass is 10.0. The number of carbonyl (C=O) groups is 1. The van der Waals surface area contributed by atoms with Gasteiger partial charge in [-0.25, -0.2) is 0 Å². The Bertz CT molecular complexity index is 792. The van der Waals surface area contributed by atoms with E-state index in [1.54, 1.807) is 18.2 Å². The van der Waals surface area contributed by atoms with Gasteiger partial charge < -0.3 is 14.2 Å². The van der Waals surface area contributed by atoms with Gasteiger partial charge in [0.25, 0.3) is 0 Å². The molecular formula is C26H34O4. The normalized spacial score (nSPS) is 10.9. The fourth-order valence-electron chi connectivity index (χ4n) is 3.06. The van der Waals surface area contributed by atoms with Crippen molar-refractivity contribution in [1.29, 1.82) is 0 Å². The predicted octanol–water partition coefficient (Wildman–Crippen LogP) is 6.51. The van der Waals surface area contributed by atoms with Crippen molar-refractivity contribution in [3.05, 3.63) is 59.2 Å². The molecule has 2 aromatic rings. The van der Waals surface area contributed by atoms with Gasteiger partial charge in [-0.15, -0.1) is 0 Å². The highest BCUT2D eigenvalue weighted by atomic mass is 16.5. The van der Waals surface area contributed by atoms with E-state index in [0.29, 0.717) is 25.4 Å². The van der Waals surface area contributed by atoms with Crippen molar-refractivity contribution in [3.63, 3.8) is 0 Å². The van der Waals surface area contributed by atoms with E-state index in [1.807, 2.05) is 37.3 Å². The first kappa shape index (κ1) is 23.5. The number of carbonyl (C=O) groups excluding carboxylic acids is 1. The van der Waals surface area contributed by atoms with Gasteiger partial charge in [0.05, 0.1) is 19.8 Å². The molecule has 0 fully saturated rings. The molecule has 2 aromatic carbocycles. The summed E-state index contributed by atoms with van der Waals surface area (Å²) in [6.07, 6.45) is 7.20. The highest BCUT2D eigenvalue weighted by Gasteiger charge is 2.13. The highest BCUT2D eigenvalue weighted by Crippen LogP contribution is 2.33. The van der Waals surface area contributed by atoms with Gasteiger partial charge in [0.15, 0.2) is 5.78 Å². The highest BCUT2D eigenvalue weighted by molar-refractivity contribution is 6.06. The van der Waals surface area contributed by atoms with Crippen LogP contribution < -0.4 is 14.2 Å². The summed E-state index contributed by atoms with van der Waals surface area (Å²) in [4.78, 5) is 12.6. The molecule has 0 heterocycles. The molecule has 0 N–H and O–H groups in total. The lowest BCUT2D eigenvalue weighted by molar-refractivity contribution is 0.104. The van der Waals surface area contributed by atoms with E-state index in [2.05, 4.69) is 20.8 Å². The van der Waals surface area contributed by atoms with E-state index in [-0.39, 0.29) is 5.78 Å². The maximum absolute atomic E-state index is 12.6. The summed E-state index contributed by atoms with van der Waals surface area (Å²) < 4.78 is 17.5. The van der Waals surface area contributed by atoms with Crippen LogP contribution in [0.4, 0.5) is 0 Å². The minimum absolute atomic E-state index is 0.0530. The predicted molar refractivity (Wildman–Crippen MR) is 123 cm³/mol. The van der Waals surface area contributed by atoms with Crippen molar-refractivity contribution >= 4 is 11.9 Å². The van der Waals surface area contributed by atoms with Crippen LogP contribution in [0.1, 0.15) is 68.4 Å². The van der Waals surface area contributed by atoms with E-state index < -0.39 is 0 Å². The largest absolute Gasteiger partial charge is 0.494 e. The molecule has 0 aliphatic heterocycles. The van der Waals surface area contributed by atoms with E-state index in [4.69, 9.17) is 14.2 Å². The van der Waals surface area contributed by atoms with Crippen molar-refractivity contribution in [2.75, 3.05) is 19.8 Å². The van der Waals surface area contributed by atoms with E-state index >= 15 is 0 Å². The first-order chi connectivity index (χ1) is 14.6. The average Bonchev–Trinajstić information content (AvgIpc) is 2.76. The summed E-state index contributed by atoms with van der Waals surface area (Å²) in [6, 6.07) is 11.2. The first-order valence-electron chi connectivity index (χ1n) is 11.0. The van der Waals surface area contributed by atoms with Crippen LogP contribution in [0.5, 0.6) is 17.2 Å². The third-order valence-electron chi connectivity index (χ3n) is 4.49. The Hall–Kier alpha value is -2.75. The second-order valence-electron chi connectivity index (χ2n) is 7.10. The number of hydrogen-bond acceptors (Lipinski definition) is 4. The zero-order chi connectivity index (χ0) is 21.8. The molecule has 0 amide bonds. The molecule has 2 rings (SSSR count). The fraction of sp³-hybridized carbons (Fsp3) is 0.423. The second kappa shape index (κ2) is 12.7. The quantitative estimate of drug-likeness (QED) is 0.279. The van der Waals surface area contributed by atoms with Gasteiger partial charge >= 0.3 is 0 Å². The van der Waals surface area contributed by atoms with Gasteiger partial charge in [-0.1, -0.05) is 33.3 Å². The van der Waals surface area contributed by atoms with Gasteiger partial charge in [-0.3, -0.25) is 4.79 Å². The summed E-state index contributed by atoms with van der Waals surface area (Å²) >= 11 is 0. The summed E-state index contributed by atoms with van der Waals surface area (Å²) in [7, 11) is 0. The molecule has 4 nitrogen and oxygen atoms in total. The van der Waals surface area contributed by atoms with Crippen LogP contribution in [-0.4, -0.2) is 25.6 Å². The molecule has 0 atom stereocenters. The van der Waals surface area contributed by atoms with Crippen LogP contribution in [-0.2, 0) is 6.42 Å². The Morgan fingerprint density at radius 2 is 1.43 bits per heavy atom. The van der Waals surface area contributed by atoms with Crippen LogP contribution >= 0.6 is 0 Å². The molecule has 0 bridgehead atoms. The summed E-state index contributed by atoms with van der Waals surface area (Å²) in [5.41, 5.74) is 2.63. The average molecular weight is 411 g/mol. The maximum atomic E-state index is 12.6. The van der Waals surface area contributed by atoms with Gasteiger partial charge in [-0.05, 0) is 74.2 Å². The van der Waals surface area contributed by atoms with Crippen molar-refractivity contribution in [2.45, 2.75) is 53.4 Å². The molecular weight excluding hydrogens is 376 g/mol.